The van der Waals surface area contributed by atoms with Crippen molar-refractivity contribution in [3.05, 3.63) is 34.9 Å². The quantitative estimate of drug-likeness (QED) is 0.577. The van der Waals surface area contributed by atoms with Gasteiger partial charge in [-0.3, -0.25) is 0 Å². The van der Waals surface area contributed by atoms with Gasteiger partial charge in [0.05, 0.1) is 18.9 Å². The van der Waals surface area contributed by atoms with Gasteiger partial charge in [-0.2, -0.15) is 9.97 Å². The lowest BCUT2D eigenvalue weighted by Gasteiger charge is -2.21. The molecule has 8 nitrogen and oxygen atoms in total. The molecule has 0 saturated carbocycles. The van der Waals surface area contributed by atoms with Gasteiger partial charge in [-0.05, 0) is 11.6 Å². The first-order chi connectivity index (χ1) is 14.1. The van der Waals surface area contributed by atoms with E-state index in [2.05, 4.69) is 15.3 Å². The molecule has 0 spiro atoms. The van der Waals surface area contributed by atoms with Gasteiger partial charge in [-0.25, -0.2) is 17.2 Å². The number of rotatable bonds is 8. The minimum atomic E-state index is -3.92. The highest BCUT2D eigenvalue weighted by atomic mass is 35.5. The molecular formula is C18H22ClF2N5O3S. The molecule has 1 aliphatic rings. The highest BCUT2D eigenvalue weighted by Gasteiger charge is 2.40. The van der Waals surface area contributed by atoms with Crippen molar-refractivity contribution in [2.24, 2.45) is 0 Å². The van der Waals surface area contributed by atoms with Crippen molar-refractivity contribution in [1.29, 1.82) is 0 Å². The number of aromatic nitrogens is 2. The maximum Gasteiger partial charge on any atom is 0.266 e. The second-order valence-electron chi connectivity index (χ2n) is 6.88. The number of ether oxygens (including phenoxy) is 1. The molecule has 30 heavy (non-hydrogen) atoms. The van der Waals surface area contributed by atoms with Crippen LogP contribution < -0.4 is 16.0 Å². The zero-order chi connectivity index (χ0) is 21.9. The monoisotopic (exact) mass is 461 g/mol. The topological polar surface area (TPSA) is 110 Å². The van der Waals surface area contributed by atoms with Crippen LogP contribution in [0, 0.1) is 0 Å². The van der Waals surface area contributed by atoms with Gasteiger partial charge in [0.1, 0.15) is 5.69 Å². The van der Waals surface area contributed by atoms with Crippen molar-refractivity contribution >= 4 is 38.8 Å². The highest BCUT2D eigenvalue weighted by molar-refractivity contribution is 7.91. The molecular weight excluding hydrogens is 440 g/mol. The Balaban J connectivity index is 1.98. The van der Waals surface area contributed by atoms with Gasteiger partial charge in [0.15, 0.2) is 11.6 Å². The predicted molar refractivity (Wildman–Crippen MR) is 111 cm³/mol. The van der Waals surface area contributed by atoms with Crippen LogP contribution >= 0.6 is 11.6 Å². The van der Waals surface area contributed by atoms with Crippen LogP contribution in [0.15, 0.2) is 29.4 Å². The summed E-state index contributed by atoms with van der Waals surface area (Å²) in [6.07, 6.45) is -0.370. The fourth-order valence-corrected chi connectivity index (χ4v) is 4.20. The van der Waals surface area contributed by atoms with Gasteiger partial charge in [0.25, 0.3) is 11.1 Å². The molecule has 1 fully saturated rings. The van der Waals surface area contributed by atoms with Crippen LogP contribution in [0.2, 0.25) is 5.02 Å². The van der Waals surface area contributed by atoms with E-state index in [4.69, 9.17) is 22.1 Å². The van der Waals surface area contributed by atoms with Gasteiger partial charge in [-0.15, -0.1) is 0 Å². The predicted octanol–water partition coefficient (Wildman–Crippen LogP) is 2.59. The normalized spacial score (nSPS) is 16.1. The summed E-state index contributed by atoms with van der Waals surface area (Å²) >= 11 is 6.15. The fourth-order valence-electron chi connectivity index (χ4n) is 2.97. The number of benzene rings is 1. The van der Waals surface area contributed by atoms with Gasteiger partial charge in [0.2, 0.25) is 9.84 Å². The summed E-state index contributed by atoms with van der Waals surface area (Å²) in [4.78, 5) is 9.36. The minimum Gasteiger partial charge on any atom is -0.393 e. The van der Waals surface area contributed by atoms with E-state index in [1.54, 1.807) is 24.3 Å². The maximum absolute atomic E-state index is 13.7. The summed E-state index contributed by atoms with van der Waals surface area (Å²) < 4.78 is 57.5. The average Bonchev–Trinajstić information content (AvgIpc) is 3.06. The molecule has 0 bridgehead atoms. The maximum atomic E-state index is 13.7. The summed E-state index contributed by atoms with van der Waals surface area (Å²) in [5.74, 6) is -3.27. The van der Waals surface area contributed by atoms with E-state index in [1.165, 1.54) is 12.0 Å². The van der Waals surface area contributed by atoms with E-state index in [0.717, 1.165) is 5.56 Å². The molecule has 0 aliphatic carbocycles. The van der Waals surface area contributed by atoms with E-state index in [1.807, 2.05) is 0 Å². The number of nitrogen functional groups attached to an aromatic ring is 1. The first-order valence-corrected chi connectivity index (χ1v) is 11.2. The number of hydrogen-bond acceptors (Lipinski definition) is 8. The van der Waals surface area contributed by atoms with E-state index >= 15 is 0 Å². The van der Waals surface area contributed by atoms with Crippen molar-refractivity contribution in [3.63, 3.8) is 0 Å². The lowest BCUT2D eigenvalue weighted by Crippen LogP contribution is -2.28. The molecule has 1 aromatic carbocycles. The molecule has 0 unspecified atom stereocenters. The van der Waals surface area contributed by atoms with Crippen molar-refractivity contribution in [2.45, 2.75) is 24.0 Å². The van der Waals surface area contributed by atoms with Crippen LogP contribution in [-0.4, -0.2) is 56.9 Å². The molecule has 0 atom stereocenters. The Bertz CT molecular complexity index is 1020. The number of anilines is 3. The summed E-state index contributed by atoms with van der Waals surface area (Å²) in [5, 5.41) is 2.96. The third-order valence-electron chi connectivity index (χ3n) is 4.61. The van der Waals surface area contributed by atoms with Crippen molar-refractivity contribution in [1.82, 2.24) is 9.97 Å². The number of hydrogen-bond donors (Lipinski definition) is 2. The number of nitrogens with one attached hydrogen (secondary N) is 1. The second-order valence-corrected chi connectivity index (χ2v) is 9.29. The van der Waals surface area contributed by atoms with Gasteiger partial charge in [-0.1, -0.05) is 29.8 Å². The lowest BCUT2D eigenvalue weighted by atomic mass is 10.2. The summed E-state index contributed by atoms with van der Waals surface area (Å²) in [6.45, 7) is -0.463. The second kappa shape index (κ2) is 8.86. The van der Waals surface area contributed by atoms with Crippen LogP contribution in [0.5, 0.6) is 0 Å². The number of halogens is 3. The van der Waals surface area contributed by atoms with Gasteiger partial charge >= 0.3 is 0 Å². The fraction of sp³-hybridized carbons (Fsp3) is 0.444. The van der Waals surface area contributed by atoms with Crippen LogP contribution in [0.25, 0.3) is 0 Å². The average molecular weight is 462 g/mol. The number of nitrogens with two attached hydrogens (primary N) is 1. The molecule has 164 valence electrons. The smallest absolute Gasteiger partial charge is 0.266 e. The highest BCUT2D eigenvalue weighted by Crippen LogP contribution is 2.36. The first-order valence-electron chi connectivity index (χ1n) is 9.12. The molecule has 1 saturated heterocycles. The Labute approximate surface area is 178 Å². The first kappa shape index (κ1) is 22.4. The Morgan fingerprint density at radius 2 is 2.07 bits per heavy atom. The van der Waals surface area contributed by atoms with E-state index < -0.39 is 27.5 Å². The van der Waals surface area contributed by atoms with Gasteiger partial charge < -0.3 is 20.7 Å². The molecule has 1 aliphatic heterocycles. The minimum absolute atomic E-state index is 0.00424. The van der Waals surface area contributed by atoms with Crippen LogP contribution in [0.3, 0.4) is 0 Å². The lowest BCUT2D eigenvalue weighted by molar-refractivity contribution is 0.0257. The van der Waals surface area contributed by atoms with Crippen LogP contribution in [-0.2, 0) is 21.1 Å². The molecule has 0 radical (unpaired) electrons. The zero-order valence-electron chi connectivity index (χ0n) is 16.2. The van der Waals surface area contributed by atoms with Crippen molar-refractivity contribution in [3.8, 4) is 0 Å². The molecule has 3 rings (SSSR count). The van der Waals surface area contributed by atoms with Crippen molar-refractivity contribution in [2.75, 3.05) is 48.5 Å². The molecule has 2 aromatic rings. The molecule has 0 amide bonds. The van der Waals surface area contributed by atoms with Crippen molar-refractivity contribution < 1.29 is 21.9 Å². The Hall–Kier alpha value is -2.24. The third-order valence-corrected chi connectivity index (χ3v) is 6.42. The van der Waals surface area contributed by atoms with E-state index in [9.17, 15) is 17.2 Å². The SMILES string of the molecule is COCCS(=O)(=O)c1nc(NCc2ccccc2Cl)c(N)c(N2CCC(F)(F)C2)n1. The van der Waals surface area contributed by atoms with Crippen LogP contribution in [0.4, 0.5) is 26.1 Å². The van der Waals surface area contributed by atoms with E-state index in [0.29, 0.717) is 5.02 Å². The molecule has 1 aromatic heterocycles. The molecule has 12 heteroatoms. The molecule has 3 N–H and O–H groups in total. The van der Waals surface area contributed by atoms with Gasteiger partial charge in [0, 0.05) is 31.6 Å². The summed E-state index contributed by atoms with van der Waals surface area (Å²) in [7, 11) is -2.55. The Kier molecular flexibility index (Phi) is 6.63. The standard InChI is InChI=1S/C18H22ClF2N5O3S/c1-29-8-9-30(27,28)17-24-15(23-10-12-4-2-3-5-13(12)19)14(22)16(25-17)26-7-6-18(20,21)11-26/h2-5H,6-11,22H2,1H3,(H,23,24,25). The number of nitrogens with zero attached hydrogens (tertiary/aromatic N) is 3. The zero-order valence-corrected chi connectivity index (χ0v) is 17.8. The third kappa shape index (κ3) is 5.08. The number of sulfone groups is 1. The van der Waals surface area contributed by atoms with E-state index in [-0.39, 0.29) is 49.2 Å². The molecule has 2 heterocycles. The Morgan fingerprint density at radius 1 is 1.33 bits per heavy atom. The number of methoxy groups -OCH3 is 1. The summed E-state index contributed by atoms with van der Waals surface area (Å²) in [5.41, 5.74) is 6.86. The van der Waals surface area contributed by atoms with Crippen LogP contribution in [0.1, 0.15) is 12.0 Å². The number of alkyl halides is 2. The Morgan fingerprint density at radius 3 is 2.70 bits per heavy atom. The largest absolute Gasteiger partial charge is 0.393 e. The summed E-state index contributed by atoms with van der Waals surface area (Å²) in [6, 6.07) is 7.06.